The molecular weight excluding hydrogens is 286 g/mol. The van der Waals surface area contributed by atoms with Crippen molar-refractivity contribution in [2.24, 2.45) is 0 Å². The van der Waals surface area contributed by atoms with Gasteiger partial charge < -0.3 is 5.32 Å². The second-order valence-electron chi connectivity index (χ2n) is 4.21. The Morgan fingerprint density at radius 2 is 1.67 bits per heavy atom. The highest BCUT2D eigenvalue weighted by Crippen LogP contribution is 2.15. The van der Waals surface area contributed by atoms with Gasteiger partial charge in [-0.25, -0.2) is 0 Å². The lowest BCUT2D eigenvalue weighted by molar-refractivity contribution is 1.00. The molecule has 92 valence electrons. The third-order valence-corrected chi connectivity index (χ3v) is 3.14. The van der Waals surface area contributed by atoms with Crippen LogP contribution in [0.2, 0.25) is 0 Å². The number of halogens is 1. The summed E-state index contributed by atoms with van der Waals surface area (Å²) in [5.74, 6) is 0. The number of rotatable bonds is 4. The zero-order chi connectivity index (χ0) is 12.8. The van der Waals surface area contributed by atoms with Gasteiger partial charge in [0.1, 0.15) is 0 Å². The van der Waals surface area contributed by atoms with E-state index in [1.807, 2.05) is 30.3 Å². The van der Waals surface area contributed by atoms with Crippen molar-refractivity contribution in [1.82, 2.24) is 0 Å². The largest absolute Gasteiger partial charge is 0.379 e. The molecule has 0 aliphatic rings. The molecule has 0 bridgehead atoms. The maximum Gasteiger partial charge on any atom is 0.0419 e. The highest BCUT2D eigenvalue weighted by atomic mass is 79.9. The Hall–Kier alpha value is -1.54. The number of hydrogen-bond donors (Lipinski definition) is 1. The first-order valence-corrected chi connectivity index (χ1v) is 6.79. The van der Waals surface area contributed by atoms with Crippen LogP contribution < -0.4 is 5.32 Å². The van der Waals surface area contributed by atoms with Crippen LogP contribution in [0.3, 0.4) is 0 Å². The van der Waals surface area contributed by atoms with Gasteiger partial charge in [0, 0.05) is 16.2 Å². The van der Waals surface area contributed by atoms with E-state index in [-0.39, 0.29) is 0 Å². The highest BCUT2D eigenvalue weighted by molar-refractivity contribution is 9.10. The predicted octanol–water partition coefficient (Wildman–Crippen LogP) is 4.96. The lowest BCUT2D eigenvalue weighted by Crippen LogP contribution is -2.11. The molecule has 18 heavy (non-hydrogen) atoms. The Bertz CT molecular complexity index is 502. The van der Waals surface area contributed by atoms with Crippen LogP contribution in [-0.2, 0) is 0 Å². The van der Waals surface area contributed by atoms with Gasteiger partial charge in [0.15, 0.2) is 0 Å². The van der Waals surface area contributed by atoms with Crippen molar-refractivity contribution < 1.29 is 0 Å². The molecule has 0 saturated heterocycles. The third-order valence-electron chi connectivity index (χ3n) is 2.62. The van der Waals surface area contributed by atoms with E-state index in [0.29, 0.717) is 6.04 Å². The second kappa shape index (κ2) is 6.41. The molecule has 2 aromatic carbocycles. The Kier molecular flexibility index (Phi) is 4.59. The summed E-state index contributed by atoms with van der Waals surface area (Å²) in [6.45, 7) is 2.14. The minimum atomic E-state index is 0.298. The van der Waals surface area contributed by atoms with Crippen molar-refractivity contribution in [2.45, 2.75) is 13.0 Å². The van der Waals surface area contributed by atoms with Gasteiger partial charge in [-0.1, -0.05) is 58.4 Å². The van der Waals surface area contributed by atoms with E-state index in [1.54, 1.807) is 0 Å². The van der Waals surface area contributed by atoms with Gasteiger partial charge in [-0.15, -0.1) is 0 Å². The molecule has 0 saturated carbocycles. The molecule has 0 unspecified atom stereocenters. The normalized spacial score (nSPS) is 12.6. The van der Waals surface area contributed by atoms with Crippen LogP contribution in [-0.4, -0.2) is 6.04 Å². The van der Waals surface area contributed by atoms with E-state index in [2.05, 4.69) is 64.6 Å². The number of hydrogen-bond acceptors (Lipinski definition) is 1. The maximum absolute atomic E-state index is 3.43. The van der Waals surface area contributed by atoms with Crippen molar-refractivity contribution in [3.05, 3.63) is 70.7 Å². The first-order valence-electron chi connectivity index (χ1n) is 5.99. The Balaban J connectivity index is 1.94. The quantitative estimate of drug-likeness (QED) is 0.841. The summed E-state index contributed by atoms with van der Waals surface area (Å²) in [4.78, 5) is 0. The van der Waals surface area contributed by atoms with Crippen LogP contribution in [0.1, 0.15) is 12.5 Å². The van der Waals surface area contributed by atoms with Crippen LogP contribution in [0.5, 0.6) is 0 Å². The SMILES string of the molecule is C[C@@H](/C=C/c1ccccc1)Nc1ccc(Br)cc1. The number of anilines is 1. The van der Waals surface area contributed by atoms with Gasteiger partial charge in [-0.2, -0.15) is 0 Å². The van der Waals surface area contributed by atoms with Crippen molar-refractivity contribution in [3.8, 4) is 0 Å². The molecular formula is C16H16BrN. The average molecular weight is 302 g/mol. The van der Waals surface area contributed by atoms with E-state index in [0.717, 1.165) is 10.2 Å². The minimum Gasteiger partial charge on any atom is -0.379 e. The monoisotopic (exact) mass is 301 g/mol. The van der Waals surface area contributed by atoms with Gasteiger partial charge in [0.2, 0.25) is 0 Å². The number of benzene rings is 2. The van der Waals surface area contributed by atoms with Crippen LogP contribution >= 0.6 is 15.9 Å². The molecule has 2 heteroatoms. The van der Waals surface area contributed by atoms with Gasteiger partial charge in [0.25, 0.3) is 0 Å². The van der Waals surface area contributed by atoms with Crippen molar-refractivity contribution >= 4 is 27.7 Å². The molecule has 2 rings (SSSR count). The van der Waals surface area contributed by atoms with Gasteiger partial charge in [-0.3, -0.25) is 0 Å². The molecule has 0 radical (unpaired) electrons. The molecule has 0 spiro atoms. The first-order chi connectivity index (χ1) is 8.74. The minimum absolute atomic E-state index is 0.298. The summed E-state index contributed by atoms with van der Waals surface area (Å²) in [7, 11) is 0. The molecule has 0 heterocycles. The summed E-state index contributed by atoms with van der Waals surface area (Å²) in [6, 6.07) is 18.8. The van der Waals surface area contributed by atoms with Crippen LogP contribution in [0.4, 0.5) is 5.69 Å². The lowest BCUT2D eigenvalue weighted by atomic mass is 10.2. The highest BCUT2D eigenvalue weighted by Gasteiger charge is 1.97. The van der Waals surface area contributed by atoms with Gasteiger partial charge >= 0.3 is 0 Å². The second-order valence-corrected chi connectivity index (χ2v) is 5.13. The summed E-state index contributed by atoms with van der Waals surface area (Å²) in [6.07, 6.45) is 4.30. The van der Waals surface area contributed by atoms with Crippen molar-refractivity contribution in [3.63, 3.8) is 0 Å². The van der Waals surface area contributed by atoms with E-state index in [4.69, 9.17) is 0 Å². The van der Waals surface area contributed by atoms with Crippen LogP contribution in [0.15, 0.2) is 65.1 Å². The Labute approximate surface area is 117 Å². The standard InChI is InChI=1S/C16H16BrN/c1-13(7-8-14-5-3-2-4-6-14)18-16-11-9-15(17)10-12-16/h2-13,18H,1H3/b8-7+/t13-/m0/s1. The zero-order valence-corrected chi connectivity index (χ0v) is 11.9. The fourth-order valence-corrected chi connectivity index (χ4v) is 1.94. The van der Waals surface area contributed by atoms with Crippen LogP contribution in [0, 0.1) is 0 Å². The smallest absolute Gasteiger partial charge is 0.0419 e. The van der Waals surface area contributed by atoms with Crippen LogP contribution in [0.25, 0.3) is 6.08 Å². The summed E-state index contributed by atoms with van der Waals surface area (Å²) >= 11 is 3.43. The van der Waals surface area contributed by atoms with Gasteiger partial charge in [0.05, 0.1) is 0 Å². The molecule has 0 aliphatic carbocycles. The molecule has 0 aliphatic heterocycles. The molecule has 0 amide bonds. The zero-order valence-electron chi connectivity index (χ0n) is 10.3. The Morgan fingerprint density at radius 1 is 1.00 bits per heavy atom. The van der Waals surface area contributed by atoms with Crippen molar-refractivity contribution in [1.29, 1.82) is 0 Å². The van der Waals surface area contributed by atoms with E-state index < -0.39 is 0 Å². The molecule has 2 aromatic rings. The fourth-order valence-electron chi connectivity index (χ4n) is 1.68. The molecule has 1 atom stereocenters. The molecule has 1 N–H and O–H groups in total. The van der Waals surface area contributed by atoms with Crippen molar-refractivity contribution in [2.75, 3.05) is 5.32 Å². The molecule has 1 nitrogen and oxygen atoms in total. The molecule has 0 fully saturated rings. The lowest BCUT2D eigenvalue weighted by Gasteiger charge is -2.11. The first kappa shape index (κ1) is 12.9. The Morgan fingerprint density at radius 3 is 2.33 bits per heavy atom. The fraction of sp³-hybridized carbons (Fsp3) is 0.125. The summed E-state index contributed by atoms with van der Waals surface area (Å²) < 4.78 is 1.10. The average Bonchev–Trinajstić information content (AvgIpc) is 2.40. The topological polar surface area (TPSA) is 12.0 Å². The van der Waals surface area contributed by atoms with E-state index >= 15 is 0 Å². The predicted molar refractivity (Wildman–Crippen MR) is 82.7 cm³/mol. The molecule has 0 aromatic heterocycles. The van der Waals surface area contributed by atoms with E-state index in [1.165, 1.54) is 5.56 Å². The summed E-state index contributed by atoms with van der Waals surface area (Å²) in [5.41, 5.74) is 2.35. The maximum atomic E-state index is 3.43. The van der Waals surface area contributed by atoms with E-state index in [9.17, 15) is 0 Å². The number of nitrogens with one attached hydrogen (secondary N) is 1. The third kappa shape index (κ3) is 4.04. The summed E-state index contributed by atoms with van der Waals surface area (Å²) in [5, 5.41) is 3.43. The van der Waals surface area contributed by atoms with Gasteiger partial charge in [-0.05, 0) is 36.8 Å².